The van der Waals surface area contributed by atoms with E-state index in [4.69, 9.17) is 17.0 Å². The minimum atomic E-state index is -0.779. The number of hydrogen-bond donors (Lipinski definition) is 3. The molecule has 10 nitrogen and oxygen atoms in total. The standard InChI is InChI=1S/C19H23F2N7O3S/c1-22-15(29)9-16(30)27-3-5-28(6-4-27)18-12(20)7-11(8-13(18)21)17(24-19(32)31-2)14-10-23-26-25-14/h7-8,10,17H,3-6,9H2,1-2H3,(H,22,29)(H,24,32)(H,23,25,26). The molecule has 3 rings (SSSR count). The summed E-state index contributed by atoms with van der Waals surface area (Å²) in [6.45, 7) is 0.959. The highest BCUT2D eigenvalue weighted by atomic mass is 32.1. The fraction of sp³-hybridized carbons (Fsp3) is 0.421. The molecular weight excluding hydrogens is 444 g/mol. The lowest BCUT2D eigenvalue weighted by Crippen LogP contribution is -2.50. The van der Waals surface area contributed by atoms with E-state index in [1.54, 1.807) is 0 Å². The average molecular weight is 468 g/mol. The highest BCUT2D eigenvalue weighted by molar-refractivity contribution is 7.80. The quantitative estimate of drug-likeness (QED) is 0.415. The third-order valence-electron chi connectivity index (χ3n) is 5.09. The van der Waals surface area contributed by atoms with Crippen LogP contribution in [0.2, 0.25) is 0 Å². The van der Waals surface area contributed by atoms with Crippen LogP contribution in [-0.2, 0) is 14.3 Å². The van der Waals surface area contributed by atoms with Crippen LogP contribution < -0.4 is 15.5 Å². The van der Waals surface area contributed by atoms with E-state index in [0.717, 1.165) is 0 Å². The second-order valence-electron chi connectivity index (χ2n) is 7.01. The van der Waals surface area contributed by atoms with E-state index in [2.05, 4.69) is 26.0 Å². The predicted molar refractivity (Wildman–Crippen MR) is 115 cm³/mol. The number of rotatable bonds is 6. The number of ether oxygens (including phenoxy) is 1. The molecule has 3 N–H and O–H groups in total. The first kappa shape index (κ1) is 23.3. The summed E-state index contributed by atoms with van der Waals surface area (Å²) in [5.41, 5.74) is 0.441. The van der Waals surface area contributed by atoms with Crippen molar-refractivity contribution >= 4 is 34.9 Å². The fourth-order valence-corrected chi connectivity index (χ4v) is 3.54. The van der Waals surface area contributed by atoms with Gasteiger partial charge in [-0.3, -0.25) is 9.59 Å². The number of nitrogens with zero attached hydrogens (tertiary/aromatic N) is 4. The molecule has 0 bridgehead atoms. The average Bonchev–Trinajstić information content (AvgIpc) is 3.31. The number of methoxy groups -OCH3 is 1. The first-order chi connectivity index (χ1) is 15.3. The number of H-pyrrole nitrogens is 1. The van der Waals surface area contributed by atoms with Crippen molar-refractivity contribution in [3.63, 3.8) is 0 Å². The van der Waals surface area contributed by atoms with E-state index in [1.807, 2.05) is 0 Å². The maximum atomic E-state index is 15.0. The number of halogens is 2. The van der Waals surface area contributed by atoms with Gasteiger partial charge >= 0.3 is 0 Å². The number of aromatic nitrogens is 3. The Hall–Kier alpha value is -3.35. The number of piperazine rings is 1. The van der Waals surface area contributed by atoms with Crippen LogP contribution in [0.1, 0.15) is 23.7 Å². The summed E-state index contributed by atoms with van der Waals surface area (Å²) < 4.78 is 35.0. The zero-order valence-corrected chi connectivity index (χ0v) is 18.3. The minimum Gasteiger partial charge on any atom is -0.474 e. The molecular formula is C19H23F2N7O3S. The van der Waals surface area contributed by atoms with Crippen LogP contribution in [0.4, 0.5) is 14.5 Å². The van der Waals surface area contributed by atoms with Crippen LogP contribution in [0.15, 0.2) is 18.3 Å². The lowest BCUT2D eigenvalue weighted by Gasteiger charge is -2.36. The normalized spacial score (nSPS) is 14.6. The maximum absolute atomic E-state index is 15.0. The van der Waals surface area contributed by atoms with Crippen LogP contribution >= 0.6 is 12.2 Å². The molecule has 2 amide bonds. The first-order valence-corrected chi connectivity index (χ1v) is 10.2. The lowest BCUT2D eigenvalue weighted by atomic mass is 10.0. The van der Waals surface area contributed by atoms with Gasteiger partial charge in [0, 0.05) is 33.2 Å². The molecule has 0 spiro atoms. The summed E-state index contributed by atoms with van der Waals surface area (Å²) in [7, 11) is 2.83. The molecule has 1 aliphatic rings. The van der Waals surface area contributed by atoms with Crippen LogP contribution in [0, 0.1) is 11.6 Å². The third-order valence-corrected chi connectivity index (χ3v) is 5.37. The van der Waals surface area contributed by atoms with Crippen LogP contribution in [0.5, 0.6) is 0 Å². The Balaban J connectivity index is 1.77. The molecule has 13 heteroatoms. The van der Waals surface area contributed by atoms with E-state index < -0.39 is 17.7 Å². The molecule has 172 valence electrons. The summed E-state index contributed by atoms with van der Waals surface area (Å²) in [5, 5.41) is 15.4. The Labute approximate surface area is 188 Å². The van der Waals surface area contributed by atoms with Crippen molar-refractivity contribution in [2.24, 2.45) is 0 Å². The Morgan fingerprint density at radius 3 is 2.44 bits per heavy atom. The van der Waals surface area contributed by atoms with Crippen molar-refractivity contribution < 1.29 is 23.1 Å². The monoisotopic (exact) mass is 467 g/mol. The Morgan fingerprint density at radius 1 is 1.25 bits per heavy atom. The van der Waals surface area contributed by atoms with Gasteiger partial charge in [0.05, 0.1) is 13.3 Å². The predicted octanol–water partition coefficient (Wildman–Crippen LogP) is 0.478. The van der Waals surface area contributed by atoms with E-state index in [1.165, 1.54) is 42.3 Å². The van der Waals surface area contributed by atoms with Gasteiger partial charge in [-0.1, -0.05) is 0 Å². The molecule has 1 aliphatic heterocycles. The van der Waals surface area contributed by atoms with Gasteiger partial charge in [0.1, 0.15) is 35.5 Å². The smallest absolute Gasteiger partial charge is 0.257 e. The number of carbonyl (C=O) groups excluding carboxylic acids is 2. The highest BCUT2D eigenvalue weighted by Crippen LogP contribution is 2.30. The topological polar surface area (TPSA) is 115 Å². The number of nitrogens with one attached hydrogen (secondary N) is 3. The molecule has 1 unspecified atom stereocenters. The fourth-order valence-electron chi connectivity index (χ4n) is 3.43. The largest absolute Gasteiger partial charge is 0.474 e. The number of carbonyl (C=O) groups is 2. The van der Waals surface area contributed by atoms with Gasteiger partial charge in [0.2, 0.25) is 11.8 Å². The van der Waals surface area contributed by atoms with Crippen molar-refractivity contribution in [1.82, 2.24) is 30.9 Å². The number of amides is 2. The zero-order valence-electron chi connectivity index (χ0n) is 17.5. The number of hydrogen-bond acceptors (Lipinski definition) is 7. The molecule has 1 aromatic carbocycles. The van der Waals surface area contributed by atoms with Crippen molar-refractivity contribution in [1.29, 1.82) is 0 Å². The second-order valence-corrected chi connectivity index (χ2v) is 7.39. The van der Waals surface area contributed by atoms with E-state index in [0.29, 0.717) is 5.69 Å². The summed E-state index contributed by atoms with van der Waals surface area (Å²) >= 11 is 5.02. The summed E-state index contributed by atoms with van der Waals surface area (Å²) in [4.78, 5) is 26.6. The SMILES string of the molecule is CNC(=O)CC(=O)N1CCN(c2c(F)cc(C(NC(=S)OC)c3cn[nH]n3)cc2F)CC1. The number of thiocarbonyl (C=S) groups is 1. The maximum Gasteiger partial charge on any atom is 0.257 e. The molecule has 1 fully saturated rings. The minimum absolute atomic E-state index is 0.0282. The van der Waals surface area contributed by atoms with Crippen LogP contribution in [0.3, 0.4) is 0 Å². The van der Waals surface area contributed by atoms with Gasteiger partial charge in [0.25, 0.3) is 5.17 Å². The van der Waals surface area contributed by atoms with Crippen molar-refractivity contribution in [2.75, 3.05) is 45.2 Å². The van der Waals surface area contributed by atoms with Gasteiger partial charge in [-0.25, -0.2) is 8.78 Å². The van der Waals surface area contributed by atoms with Crippen molar-refractivity contribution in [2.45, 2.75) is 12.5 Å². The van der Waals surface area contributed by atoms with E-state index in [9.17, 15) is 9.59 Å². The summed E-state index contributed by atoms with van der Waals surface area (Å²) in [6.07, 6.45) is 1.16. The molecule has 0 radical (unpaired) electrons. The van der Waals surface area contributed by atoms with E-state index >= 15 is 8.78 Å². The Kier molecular flexibility index (Phi) is 7.51. The molecule has 1 atom stereocenters. The first-order valence-electron chi connectivity index (χ1n) is 9.76. The van der Waals surface area contributed by atoms with E-state index in [-0.39, 0.29) is 60.8 Å². The van der Waals surface area contributed by atoms with Crippen molar-refractivity contribution in [3.05, 3.63) is 41.2 Å². The zero-order chi connectivity index (χ0) is 23.3. The molecule has 0 aliphatic carbocycles. The number of anilines is 1. The number of benzene rings is 1. The molecule has 1 aromatic heterocycles. The Bertz CT molecular complexity index is 958. The van der Waals surface area contributed by atoms with Gasteiger partial charge in [0.15, 0.2) is 0 Å². The molecule has 2 aromatic rings. The van der Waals surface area contributed by atoms with Gasteiger partial charge in [-0.15, -0.1) is 0 Å². The highest BCUT2D eigenvalue weighted by Gasteiger charge is 2.28. The van der Waals surface area contributed by atoms with Gasteiger partial charge < -0.3 is 25.2 Å². The molecule has 1 saturated heterocycles. The van der Waals surface area contributed by atoms with Gasteiger partial charge in [-0.2, -0.15) is 15.4 Å². The number of aromatic amines is 1. The van der Waals surface area contributed by atoms with Crippen LogP contribution in [-0.4, -0.2) is 77.6 Å². The Morgan fingerprint density at radius 2 is 1.91 bits per heavy atom. The summed E-state index contributed by atoms with van der Waals surface area (Å²) in [6, 6.07) is 1.62. The molecule has 0 saturated carbocycles. The van der Waals surface area contributed by atoms with Crippen LogP contribution in [0.25, 0.3) is 0 Å². The molecule has 2 heterocycles. The lowest BCUT2D eigenvalue weighted by molar-refractivity contribution is -0.136. The second kappa shape index (κ2) is 10.3. The molecule has 32 heavy (non-hydrogen) atoms. The van der Waals surface area contributed by atoms with Gasteiger partial charge in [-0.05, 0) is 29.9 Å². The van der Waals surface area contributed by atoms with Crippen molar-refractivity contribution in [3.8, 4) is 0 Å². The third kappa shape index (κ3) is 5.28. The summed E-state index contributed by atoms with van der Waals surface area (Å²) in [5.74, 6) is -2.23.